The van der Waals surface area contributed by atoms with Crippen molar-refractivity contribution < 1.29 is 0 Å². The third kappa shape index (κ3) is 1.37. The summed E-state index contributed by atoms with van der Waals surface area (Å²) in [6, 6.07) is 2.09. The first-order valence-electron chi connectivity index (χ1n) is 4.42. The van der Waals surface area contributed by atoms with Gasteiger partial charge in [0.05, 0.1) is 11.2 Å². The SMILES string of the molecule is CC(C)(N)c1cc(C2CC2)[nH]n1. The lowest BCUT2D eigenvalue weighted by Gasteiger charge is -2.13. The van der Waals surface area contributed by atoms with Gasteiger partial charge in [0, 0.05) is 11.6 Å². The maximum Gasteiger partial charge on any atom is 0.0817 e. The molecule has 12 heavy (non-hydrogen) atoms. The van der Waals surface area contributed by atoms with Gasteiger partial charge in [0.2, 0.25) is 0 Å². The molecule has 1 saturated carbocycles. The van der Waals surface area contributed by atoms with Crippen LogP contribution in [0.1, 0.15) is 44.0 Å². The fourth-order valence-electron chi connectivity index (χ4n) is 1.27. The van der Waals surface area contributed by atoms with Crippen molar-refractivity contribution in [2.24, 2.45) is 5.73 Å². The first-order chi connectivity index (χ1) is 5.57. The third-order valence-corrected chi connectivity index (χ3v) is 2.28. The van der Waals surface area contributed by atoms with Crippen LogP contribution in [0, 0.1) is 0 Å². The lowest BCUT2D eigenvalue weighted by Crippen LogP contribution is -2.29. The molecule has 1 aromatic rings. The third-order valence-electron chi connectivity index (χ3n) is 2.28. The van der Waals surface area contributed by atoms with Crippen molar-refractivity contribution in [1.82, 2.24) is 10.2 Å². The molecule has 3 heteroatoms. The predicted molar refractivity (Wildman–Crippen MR) is 47.8 cm³/mol. The highest BCUT2D eigenvalue weighted by atomic mass is 15.1. The molecule has 1 aliphatic rings. The fraction of sp³-hybridized carbons (Fsp3) is 0.667. The Balaban J connectivity index is 2.23. The van der Waals surface area contributed by atoms with Gasteiger partial charge in [-0.1, -0.05) is 0 Å². The molecular weight excluding hydrogens is 150 g/mol. The molecule has 0 unspecified atom stereocenters. The van der Waals surface area contributed by atoms with Gasteiger partial charge in [-0.25, -0.2) is 0 Å². The quantitative estimate of drug-likeness (QED) is 0.697. The van der Waals surface area contributed by atoms with E-state index in [-0.39, 0.29) is 5.54 Å². The number of hydrogen-bond acceptors (Lipinski definition) is 2. The zero-order chi connectivity index (χ0) is 8.77. The summed E-state index contributed by atoms with van der Waals surface area (Å²) in [5, 5.41) is 7.24. The molecule has 0 spiro atoms. The summed E-state index contributed by atoms with van der Waals surface area (Å²) < 4.78 is 0. The maximum absolute atomic E-state index is 5.91. The number of nitrogens with two attached hydrogens (primary N) is 1. The van der Waals surface area contributed by atoms with Gasteiger partial charge in [-0.15, -0.1) is 0 Å². The molecule has 0 bridgehead atoms. The highest BCUT2D eigenvalue weighted by Gasteiger charge is 2.27. The van der Waals surface area contributed by atoms with Crippen LogP contribution in [-0.2, 0) is 5.54 Å². The monoisotopic (exact) mass is 165 g/mol. The van der Waals surface area contributed by atoms with Crippen LogP contribution in [0.3, 0.4) is 0 Å². The Labute approximate surface area is 72.4 Å². The highest BCUT2D eigenvalue weighted by molar-refractivity contribution is 5.21. The lowest BCUT2D eigenvalue weighted by molar-refractivity contribution is 0.533. The van der Waals surface area contributed by atoms with Gasteiger partial charge in [0.1, 0.15) is 0 Å². The zero-order valence-electron chi connectivity index (χ0n) is 7.59. The predicted octanol–water partition coefficient (Wildman–Crippen LogP) is 1.48. The number of aromatic nitrogens is 2. The Morgan fingerprint density at radius 1 is 1.58 bits per heavy atom. The van der Waals surface area contributed by atoms with Crippen molar-refractivity contribution in [3.63, 3.8) is 0 Å². The van der Waals surface area contributed by atoms with Crippen molar-refractivity contribution >= 4 is 0 Å². The minimum Gasteiger partial charge on any atom is -0.321 e. The summed E-state index contributed by atoms with van der Waals surface area (Å²) in [6.45, 7) is 3.94. The van der Waals surface area contributed by atoms with Gasteiger partial charge in [-0.3, -0.25) is 5.10 Å². The average molecular weight is 165 g/mol. The standard InChI is InChI=1S/C9H15N3/c1-9(2,10)8-5-7(11-12-8)6-3-4-6/h5-6H,3-4,10H2,1-2H3,(H,11,12). The van der Waals surface area contributed by atoms with Crippen molar-refractivity contribution in [3.05, 3.63) is 17.5 Å². The van der Waals surface area contributed by atoms with Crippen molar-refractivity contribution in [2.75, 3.05) is 0 Å². The molecule has 1 aromatic heterocycles. The van der Waals surface area contributed by atoms with Gasteiger partial charge in [-0.05, 0) is 32.8 Å². The first kappa shape index (κ1) is 7.80. The summed E-state index contributed by atoms with van der Waals surface area (Å²) in [6.07, 6.45) is 2.60. The van der Waals surface area contributed by atoms with Crippen molar-refractivity contribution in [3.8, 4) is 0 Å². The highest BCUT2D eigenvalue weighted by Crippen LogP contribution is 2.39. The summed E-state index contributed by atoms with van der Waals surface area (Å²) in [5.41, 5.74) is 7.81. The Hall–Kier alpha value is -0.830. The minimum absolute atomic E-state index is 0.316. The average Bonchev–Trinajstić information content (AvgIpc) is 2.66. The van der Waals surface area contributed by atoms with E-state index in [1.165, 1.54) is 18.5 Å². The van der Waals surface area contributed by atoms with Crippen LogP contribution in [0.15, 0.2) is 6.07 Å². The van der Waals surface area contributed by atoms with E-state index in [2.05, 4.69) is 16.3 Å². The van der Waals surface area contributed by atoms with Crippen molar-refractivity contribution in [1.29, 1.82) is 0 Å². The van der Waals surface area contributed by atoms with Crippen LogP contribution in [0.5, 0.6) is 0 Å². The van der Waals surface area contributed by atoms with Crippen LogP contribution in [0.2, 0.25) is 0 Å². The molecule has 1 heterocycles. The van der Waals surface area contributed by atoms with Gasteiger partial charge >= 0.3 is 0 Å². The smallest absolute Gasteiger partial charge is 0.0817 e. The van der Waals surface area contributed by atoms with E-state index in [1.54, 1.807) is 0 Å². The molecule has 3 nitrogen and oxygen atoms in total. The molecule has 0 aromatic carbocycles. The number of nitrogens with one attached hydrogen (secondary N) is 1. The summed E-state index contributed by atoms with van der Waals surface area (Å²) in [5.74, 6) is 0.730. The van der Waals surface area contributed by atoms with E-state index in [4.69, 9.17) is 5.73 Å². The maximum atomic E-state index is 5.91. The van der Waals surface area contributed by atoms with E-state index in [0.717, 1.165) is 11.6 Å². The molecule has 0 saturated heterocycles. The summed E-state index contributed by atoms with van der Waals surface area (Å²) >= 11 is 0. The number of nitrogens with zero attached hydrogens (tertiary/aromatic N) is 1. The molecule has 1 aliphatic carbocycles. The van der Waals surface area contributed by atoms with Gasteiger partial charge in [0.15, 0.2) is 0 Å². The van der Waals surface area contributed by atoms with Crippen LogP contribution in [0.25, 0.3) is 0 Å². The van der Waals surface area contributed by atoms with E-state index in [9.17, 15) is 0 Å². The van der Waals surface area contributed by atoms with Crippen LogP contribution < -0.4 is 5.73 Å². The van der Waals surface area contributed by atoms with Crippen LogP contribution >= 0.6 is 0 Å². The second-order valence-electron chi connectivity index (χ2n) is 4.20. The van der Waals surface area contributed by atoms with Crippen LogP contribution in [0.4, 0.5) is 0 Å². The van der Waals surface area contributed by atoms with Crippen molar-refractivity contribution in [2.45, 2.75) is 38.1 Å². The normalized spacial score (nSPS) is 18.2. The summed E-state index contributed by atoms with van der Waals surface area (Å²) in [4.78, 5) is 0. The topological polar surface area (TPSA) is 54.7 Å². The molecule has 0 aliphatic heterocycles. The minimum atomic E-state index is -0.316. The number of H-pyrrole nitrogens is 1. The van der Waals surface area contributed by atoms with Gasteiger partial charge in [-0.2, -0.15) is 5.10 Å². The molecule has 3 N–H and O–H groups in total. The molecule has 66 valence electrons. The lowest BCUT2D eigenvalue weighted by atomic mass is 10.0. The molecular formula is C9H15N3. The number of aromatic amines is 1. The summed E-state index contributed by atoms with van der Waals surface area (Å²) in [7, 11) is 0. The Bertz CT molecular complexity index is 278. The second kappa shape index (κ2) is 2.33. The second-order valence-corrected chi connectivity index (χ2v) is 4.20. The Morgan fingerprint density at radius 2 is 2.25 bits per heavy atom. The molecule has 1 fully saturated rings. The van der Waals surface area contributed by atoms with E-state index >= 15 is 0 Å². The largest absolute Gasteiger partial charge is 0.321 e. The Morgan fingerprint density at radius 3 is 2.67 bits per heavy atom. The van der Waals surface area contributed by atoms with E-state index in [0.29, 0.717) is 0 Å². The molecule has 0 atom stereocenters. The first-order valence-corrected chi connectivity index (χ1v) is 4.42. The van der Waals surface area contributed by atoms with E-state index < -0.39 is 0 Å². The van der Waals surface area contributed by atoms with Gasteiger partial charge in [0.25, 0.3) is 0 Å². The van der Waals surface area contributed by atoms with Crippen LogP contribution in [-0.4, -0.2) is 10.2 Å². The Kier molecular flexibility index (Phi) is 1.51. The number of rotatable bonds is 2. The van der Waals surface area contributed by atoms with E-state index in [1.807, 2.05) is 13.8 Å². The molecule has 2 rings (SSSR count). The molecule has 0 amide bonds. The van der Waals surface area contributed by atoms with Gasteiger partial charge < -0.3 is 5.73 Å². The zero-order valence-corrected chi connectivity index (χ0v) is 7.59. The fourth-order valence-corrected chi connectivity index (χ4v) is 1.27. The number of hydrogen-bond donors (Lipinski definition) is 2. The molecule has 0 radical (unpaired) electrons.